The van der Waals surface area contributed by atoms with E-state index in [9.17, 15) is 13.2 Å². The average Bonchev–Trinajstić information content (AvgIpc) is 3.11. The average molecular weight is 412 g/mol. The van der Waals surface area contributed by atoms with Gasteiger partial charge in [-0.05, 0) is 55.5 Å². The molecular formula is C22H25N3O3S. The first-order chi connectivity index (χ1) is 14.0. The molecule has 0 atom stereocenters. The van der Waals surface area contributed by atoms with Gasteiger partial charge in [-0.25, -0.2) is 13.1 Å². The van der Waals surface area contributed by atoms with E-state index in [1.54, 1.807) is 12.1 Å². The Hall–Kier alpha value is -2.64. The van der Waals surface area contributed by atoms with Crippen molar-refractivity contribution in [1.29, 1.82) is 0 Å². The van der Waals surface area contributed by atoms with Crippen molar-refractivity contribution in [2.24, 2.45) is 0 Å². The normalized spacial score (nSPS) is 14.0. The largest absolute Gasteiger partial charge is 0.358 e. The molecule has 1 amide bonds. The molecule has 6 nitrogen and oxygen atoms in total. The number of amides is 1. The van der Waals surface area contributed by atoms with Crippen molar-refractivity contribution in [1.82, 2.24) is 15.0 Å². The van der Waals surface area contributed by atoms with Gasteiger partial charge in [0.1, 0.15) is 0 Å². The number of sulfonamides is 1. The van der Waals surface area contributed by atoms with Crippen LogP contribution in [-0.2, 0) is 35.2 Å². The second kappa shape index (κ2) is 8.00. The molecule has 0 bridgehead atoms. The summed E-state index contributed by atoms with van der Waals surface area (Å²) in [5.41, 5.74) is 5.82. The van der Waals surface area contributed by atoms with Gasteiger partial charge < -0.3 is 10.3 Å². The highest BCUT2D eigenvalue weighted by Gasteiger charge is 2.19. The zero-order valence-electron chi connectivity index (χ0n) is 16.4. The van der Waals surface area contributed by atoms with Crippen LogP contribution in [0, 0.1) is 0 Å². The van der Waals surface area contributed by atoms with E-state index < -0.39 is 10.0 Å². The van der Waals surface area contributed by atoms with Crippen LogP contribution in [0.3, 0.4) is 0 Å². The van der Waals surface area contributed by atoms with Crippen LogP contribution in [-0.4, -0.2) is 26.4 Å². The number of hydrogen-bond acceptors (Lipinski definition) is 3. The molecule has 152 valence electrons. The van der Waals surface area contributed by atoms with Crippen molar-refractivity contribution in [3.05, 3.63) is 70.4 Å². The smallest absolute Gasteiger partial charge is 0.253 e. The van der Waals surface area contributed by atoms with Crippen LogP contribution < -0.4 is 10.0 Å². The number of aromatic amines is 1. The monoisotopic (exact) mass is 411 g/mol. The quantitative estimate of drug-likeness (QED) is 0.582. The van der Waals surface area contributed by atoms with Crippen molar-refractivity contribution in [3.63, 3.8) is 0 Å². The fourth-order valence-corrected chi connectivity index (χ4v) is 4.72. The Kier molecular flexibility index (Phi) is 5.43. The molecule has 4 rings (SSSR count). The summed E-state index contributed by atoms with van der Waals surface area (Å²) in [6.07, 6.45) is 4.49. The summed E-state index contributed by atoms with van der Waals surface area (Å²) in [5.74, 6) is -0.175. The van der Waals surface area contributed by atoms with E-state index in [4.69, 9.17) is 0 Å². The van der Waals surface area contributed by atoms with E-state index in [1.165, 1.54) is 31.1 Å². The lowest BCUT2D eigenvalue weighted by molar-refractivity contribution is 0.0952. The van der Waals surface area contributed by atoms with Gasteiger partial charge in [0, 0.05) is 17.6 Å². The highest BCUT2D eigenvalue weighted by Crippen LogP contribution is 2.30. The maximum absolute atomic E-state index is 12.8. The number of hydrogen-bond donors (Lipinski definition) is 3. The van der Waals surface area contributed by atoms with Gasteiger partial charge in [0.05, 0.1) is 16.8 Å². The Labute approximate surface area is 170 Å². The molecule has 1 aliphatic rings. The van der Waals surface area contributed by atoms with Crippen LogP contribution >= 0.6 is 0 Å². The second-order valence-electron chi connectivity index (χ2n) is 7.48. The van der Waals surface area contributed by atoms with Crippen molar-refractivity contribution >= 4 is 26.8 Å². The van der Waals surface area contributed by atoms with E-state index in [1.807, 2.05) is 24.3 Å². The summed E-state index contributed by atoms with van der Waals surface area (Å²) < 4.78 is 25.6. The third-order valence-electron chi connectivity index (χ3n) is 5.52. The number of para-hydroxylation sites is 1. The van der Waals surface area contributed by atoms with E-state index in [2.05, 4.69) is 21.1 Å². The zero-order valence-corrected chi connectivity index (χ0v) is 17.2. The lowest BCUT2D eigenvalue weighted by Gasteiger charge is -2.10. The number of carbonyl (C=O) groups is 1. The molecule has 7 heteroatoms. The van der Waals surface area contributed by atoms with Crippen LogP contribution in [0.15, 0.2) is 42.5 Å². The molecule has 0 radical (unpaired) electrons. The van der Waals surface area contributed by atoms with Gasteiger partial charge in [-0.15, -0.1) is 0 Å². The van der Waals surface area contributed by atoms with E-state index in [0.29, 0.717) is 17.7 Å². The number of rotatable bonds is 6. The molecule has 0 saturated carbocycles. The molecule has 3 N–H and O–H groups in total. The molecule has 1 heterocycles. The first-order valence-electron chi connectivity index (χ1n) is 9.86. The fraction of sp³-hybridized carbons (Fsp3) is 0.318. The number of nitrogens with one attached hydrogen (secondary N) is 3. The van der Waals surface area contributed by atoms with E-state index in [-0.39, 0.29) is 11.7 Å². The highest BCUT2D eigenvalue weighted by molar-refractivity contribution is 7.88. The lowest BCUT2D eigenvalue weighted by atomic mass is 9.95. The van der Waals surface area contributed by atoms with Crippen molar-refractivity contribution in [2.45, 2.75) is 38.0 Å². The molecule has 1 aliphatic carbocycles. The summed E-state index contributed by atoms with van der Waals surface area (Å²) in [7, 11) is -1.89. The van der Waals surface area contributed by atoms with Gasteiger partial charge in [-0.1, -0.05) is 36.4 Å². The van der Waals surface area contributed by atoms with Crippen LogP contribution in [0.5, 0.6) is 0 Å². The summed E-state index contributed by atoms with van der Waals surface area (Å²) in [4.78, 5) is 16.3. The first kappa shape index (κ1) is 19.7. The molecule has 0 aliphatic heterocycles. The molecule has 0 unspecified atom stereocenters. The number of carbonyl (C=O) groups excluding carboxylic acids is 1. The standard InChI is InChI=1S/C22H25N3O3S/c1-23-29(27,28)14-16-11-9-15(10-12-16)13-24-22(26)19-7-4-6-18-17-5-2-3-8-20(17)25-21(18)19/h4,6-7,9-12,23,25H,2-3,5,8,13-14H2,1H3,(H,24,26). The minimum absolute atomic E-state index is 0.0599. The number of benzene rings is 2. The number of aromatic nitrogens is 1. The fourth-order valence-electron chi connectivity index (χ4n) is 3.94. The minimum Gasteiger partial charge on any atom is -0.358 e. The van der Waals surface area contributed by atoms with Crippen LogP contribution in [0.25, 0.3) is 10.9 Å². The predicted molar refractivity (Wildman–Crippen MR) is 114 cm³/mol. The summed E-state index contributed by atoms with van der Waals surface area (Å²) in [6.45, 7) is 0.384. The first-order valence-corrected chi connectivity index (χ1v) is 11.5. The van der Waals surface area contributed by atoms with Gasteiger partial charge in [-0.3, -0.25) is 4.79 Å². The van der Waals surface area contributed by atoms with Gasteiger partial charge in [0.25, 0.3) is 5.91 Å². The van der Waals surface area contributed by atoms with Crippen molar-refractivity contribution in [3.8, 4) is 0 Å². The number of fused-ring (bicyclic) bond motifs is 3. The van der Waals surface area contributed by atoms with Crippen molar-refractivity contribution < 1.29 is 13.2 Å². The summed E-state index contributed by atoms with van der Waals surface area (Å²) >= 11 is 0. The van der Waals surface area contributed by atoms with Crippen LogP contribution in [0.2, 0.25) is 0 Å². The SMILES string of the molecule is CNS(=O)(=O)Cc1ccc(CNC(=O)c2cccc3c4c([nH]c23)CCCC4)cc1. The van der Waals surface area contributed by atoms with Gasteiger partial charge in [0.15, 0.2) is 0 Å². The number of H-pyrrole nitrogens is 1. The highest BCUT2D eigenvalue weighted by atomic mass is 32.2. The summed E-state index contributed by atoms with van der Waals surface area (Å²) in [6, 6.07) is 13.1. The van der Waals surface area contributed by atoms with Gasteiger partial charge >= 0.3 is 0 Å². The molecule has 2 aromatic carbocycles. The maximum Gasteiger partial charge on any atom is 0.253 e. The Morgan fingerprint density at radius 2 is 1.76 bits per heavy atom. The third-order valence-corrected chi connectivity index (χ3v) is 6.86. The number of aryl methyl sites for hydroxylation is 2. The molecule has 3 aromatic rings. The van der Waals surface area contributed by atoms with Crippen LogP contribution in [0.1, 0.15) is 45.6 Å². The van der Waals surface area contributed by atoms with E-state index >= 15 is 0 Å². The molecule has 0 spiro atoms. The van der Waals surface area contributed by atoms with Gasteiger partial charge in [-0.2, -0.15) is 0 Å². The molecule has 1 aromatic heterocycles. The zero-order chi connectivity index (χ0) is 20.4. The molecule has 0 fully saturated rings. The maximum atomic E-state index is 12.8. The Balaban J connectivity index is 1.47. The predicted octanol–water partition coefficient (Wildman–Crippen LogP) is 3.03. The Morgan fingerprint density at radius 1 is 1.03 bits per heavy atom. The topological polar surface area (TPSA) is 91.1 Å². The molecular weight excluding hydrogens is 386 g/mol. The van der Waals surface area contributed by atoms with Gasteiger partial charge in [0.2, 0.25) is 10.0 Å². The van der Waals surface area contributed by atoms with E-state index in [0.717, 1.165) is 29.3 Å². The third kappa shape index (κ3) is 4.21. The molecule has 0 saturated heterocycles. The second-order valence-corrected chi connectivity index (χ2v) is 9.41. The Morgan fingerprint density at radius 3 is 2.52 bits per heavy atom. The lowest BCUT2D eigenvalue weighted by Crippen LogP contribution is -2.23. The Bertz CT molecular complexity index is 1150. The van der Waals surface area contributed by atoms with Crippen LogP contribution in [0.4, 0.5) is 0 Å². The summed E-state index contributed by atoms with van der Waals surface area (Å²) in [5, 5.41) is 4.13. The van der Waals surface area contributed by atoms with Crippen molar-refractivity contribution in [2.75, 3.05) is 7.05 Å². The molecule has 29 heavy (non-hydrogen) atoms. The minimum atomic E-state index is -3.29.